The van der Waals surface area contributed by atoms with Gasteiger partial charge in [0.25, 0.3) is 5.91 Å². The summed E-state index contributed by atoms with van der Waals surface area (Å²) in [4.78, 5) is 12.4. The van der Waals surface area contributed by atoms with Crippen LogP contribution in [-0.2, 0) is 10.2 Å². The minimum atomic E-state index is -0.272. The van der Waals surface area contributed by atoms with Crippen molar-refractivity contribution in [3.05, 3.63) is 89.5 Å². The predicted octanol–water partition coefficient (Wildman–Crippen LogP) is 5.49. The zero-order valence-electron chi connectivity index (χ0n) is 20.8. The summed E-state index contributed by atoms with van der Waals surface area (Å²) in [5.41, 5.74) is 7.52. The van der Waals surface area contributed by atoms with E-state index in [2.05, 4.69) is 65.8 Å². The van der Waals surface area contributed by atoms with Crippen LogP contribution < -0.4 is 5.43 Å². The fourth-order valence-electron chi connectivity index (χ4n) is 3.54. The lowest BCUT2D eigenvalue weighted by Crippen LogP contribution is -2.20. The summed E-state index contributed by atoms with van der Waals surface area (Å²) in [5.74, 6) is 0.694. The van der Waals surface area contributed by atoms with E-state index in [1.54, 1.807) is 24.3 Å². The number of nitrogens with one attached hydrogen (secondary N) is 1. The number of carbonyl (C=O) groups is 1. The van der Waals surface area contributed by atoms with Gasteiger partial charge in [-0.3, -0.25) is 9.36 Å². The van der Waals surface area contributed by atoms with Gasteiger partial charge in [-0.2, -0.15) is 5.10 Å². The Hall–Kier alpha value is -3.91. The highest BCUT2D eigenvalue weighted by molar-refractivity contribution is 7.99. The Kier molecular flexibility index (Phi) is 7.55. The largest absolute Gasteiger partial charge is 0.508 e. The smallest absolute Gasteiger partial charge is 0.250 e. The van der Waals surface area contributed by atoms with Crippen LogP contribution in [-0.4, -0.2) is 37.7 Å². The maximum Gasteiger partial charge on any atom is 0.250 e. The van der Waals surface area contributed by atoms with Crippen LogP contribution in [0.5, 0.6) is 5.75 Å². The number of carbonyl (C=O) groups excluding carboxylic acids is 1. The molecule has 1 aromatic heterocycles. The van der Waals surface area contributed by atoms with Crippen LogP contribution in [0, 0.1) is 6.92 Å². The maximum absolute atomic E-state index is 12.4. The molecule has 0 fully saturated rings. The third-order valence-corrected chi connectivity index (χ3v) is 6.47. The Labute approximate surface area is 215 Å². The second-order valence-corrected chi connectivity index (χ2v) is 10.4. The molecule has 4 rings (SSSR count). The molecule has 0 unspecified atom stereocenters. The molecule has 4 aromatic rings. The van der Waals surface area contributed by atoms with Crippen molar-refractivity contribution < 1.29 is 9.90 Å². The summed E-state index contributed by atoms with van der Waals surface area (Å²) < 4.78 is 1.97. The molecule has 0 radical (unpaired) electrons. The van der Waals surface area contributed by atoms with Gasteiger partial charge in [-0.15, -0.1) is 10.2 Å². The molecule has 0 bridgehead atoms. The van der Waals surface area contributed by atoms with Crippen LogP contribution in [0.2, 0.25) is 0 Å². The quantitative estimate of drug-likeness (QED) is 0.199. The molecule has 0 saturated carbocycles. The molecule has 0 aliphatic heterocycles. The molecule has 0 spiro atoms. The van der Waals surface area contributed by atoms with E-state index >= 15 is 0 Å². The number of hydrazone groups is 1. The number of aryl methyl sites for hydroxylation is 1. The zero-order chi connectivity index (χ0) is 25.7. The Morgan fingerprint density at radius 1 is 1.06 bits per heavy atom. The van der Waals surface area contributed by atoms with Crippen molar-refractivity contribution in [3.63, 3.8) is 0 Å². The van der Waals surface area contributed by atoms with E-state index < -0.39 is 0 Å². The monoisotopic (exact) mass is 499 g/mol. The molecule has 36 heavy (non-hydrogen) atoms. The van der Waals surface area contributed by atoms with E-state index in [0.717, 1.165) is 16.8 Å². The van der Waals surface area contributed by atoms with Gasteiger partial charge in [-0.1, -0.05) is 86.6 Å². The van der Waals surface area contributed by atoms with E-state index in [1.165, 1.54) is 23.5 Å². The first kappa shape index (κ1) is 25.2. The Morgan fingerprint density at radius 3 is 2.44 bits per heavy atom. The van der Waals surface area contributed by atoms with E-state index in [-0.39, 0.29) is 22.8 Å². The summed E-state index contributed by atoms with van der Waals surface area (Å²) in [5, 5.41) is 23.0. The highest BCUT2D eigenvalue weighted by Crippen LogP contribution is 2.30. The summed E-state index contributed by atoms with van der Waals surface area (Å²) in [6.07, 6.45) is 1.48. The summed E-state index contributed by atoms with van der Waals surface area (Å²) in [7, 11) is 0. The van der Waals surface area contributed by atoms with Gasteiger partial charge in [0.05, 0.1) is 12.0 Å². The maximum atomic E-state index is 12.4. The molecule has 0 saturated heterocycles. The molecular formula is C28H29N5O2S. The van der Waals surface area contributed by atoms with Crippen molar-refractivity contribution in [2.24, 2.45) is 5.10 Å². The van der Waals surface area contributed by atoms with Gasteiger partial charge in [0.2, 0.25) is 0 Å². The van der Waals surface area contributed by atoms with Crippen LogP contribution in [0.1, 0.15) is 37.5 Å². The van der Waals surface area contributed by atoms with Gasteiger partial charge >= 0.3 is 0 Å². The van der Waals surface area contributed by atoms with Gasteiger partial charge in [-0.25, -0.2) is 5.43 Å². The van der Waals surface area contributed by atoms with E-state index in [4.69, 9.17) is 0 Å². The predicted molar refractivity (Wildman–Crippen MR) is 145 cm³/mol. The number of benzene rings is 3. The molecular weight excluding hydrogens is 470 g/mol. The normalized spacial score (nSPS) is 11.7. The number of phenolic OH excluding ortho intramolecular Hbond substituents is 1. The van der Waals surface area contributed by atoms with Gasteiger partial charge in [-0.05, 0) is 47.7 Å². The topological polar surface area (TPSA) is 92.4 Å². The third-order valence-electron chi connectivity index (χ3n) is 5.54. The number of rotatable bonds is 7. The molecule has 0 atom stereocenters. The SMILES string of the molecule is Cc1ccc(-n2c(SCC(=O)N/N=C/c3cccc(O)c3)nnc2-c2ccc(C(C)(C)C)cc2)cc1. The first-order valence-corrected chi connectivity index (χ1v) is 12.6. The van der Waals surface area contributed by atoms with Crippen LogP contribution >= 0.6 is 11.8 Å². The van der Waals surface area contributed by atoms with Crippen molar-refractivity contribution in [3.8, 4) is 22.8 Å². The molecule has 1 amide bonds. The van der Waals surface area contributed by atoms with Crippen LogP contribution in [0.3, 0.4) is 0 Å². The summed E-state index contributed by atoms with van der Waals surface area (Å²) >= 11 is 1.29. The van der Waals surface area contributed by atoms with Crippen molar-refractivity contribution >= 4 is 23.9 Å². The van der Waals surface area contributed by atoms with Crippen LogP contribution in [0.25, 0.3) is 17.1 Å². The number of aromatic nitrogens is 3. The van der Waals surface area contributed by atoms with Gasteiger partial charge in [0, 0.05) is 11.3 Å². The molecule has 184 valence electrons. The van der Waals surface area contributed by atoms with E-state index in [9.17, 15) is 9.90 Å². The van der Waals surface area contributed by atoms with Crippen LogP contribution in [0.4, 0.5) is 0 Å². The van der Waals surface area contributed by atoms with Gasteiger partial charge in [0.1, 0.15) is 5.75 Å². The lowest BCUT2D eigenvalue weighted by Gasteiger charge is -2.19. The van der Waals surface area contributed by atoms with Crippen molar-refractivity contribution in [2.75, 3.05) is 5.75 Å². The van der Waals surface area contributed by atoms with Gasteiger partial charge < -0.3 is 5.11 Å². The molecule has 1 heterocycles. The minimum Gasteiger partial charge on any atom is -0.508 e. The standard InChI is InChI=1S/C28H29N5O2S/c1-19-8-14-23(15-9-19)33-26(21-10-12-22(13-11-21)28(2,3)4)31-32-27(33)36-18-25(35)30-29-17-20-6-5-7-24(34)16-20/h5-17,34H,18H2,1-4H3,(H,30,35)/b29-17+. The number of hydrogen-bond donors (Lipinski definition) is 2. The number of hydrogen-bond acceptors (Lipinski definition) is 6. The summed E-state index contributed by atoms with van der Waals surface area (Å²) in [6, 6.07) is 23.1. The number of thioether (sulfide) groups is 1. The second kappa shape index (κ2) is 10.8. The minimum absolute atomic E-state index is 0.0565. The van der Waals surface area contributed by atoms with Gasteiger partial charge in [0.15, 0.2) is 11.0 Å². The Morgan fingerprint density at radius 2 is 1.78 bits per heavy atom. The molecule has 0 aliphatic carbocycles. The fourth-order valence-corrected chi connectivity index (χ4v) is 4.29. The lowest BCUT2D eigenvalue weighted by molar-refractivity contribution is -0.118. The number of amides is 1. The second-order valence-electron chi connectivity index (χ2n) is 9.48. The van der Waals surface area contributed by atoms with E-state index in [1.807, 2.05) is 35.8 Å². The first-order chi connectivity index (χ1) is 17.2. The molecule has 2 N–H and O–H groups in total. The summed E-state index contributed by atoms with van der Waals surface area (Å²) in [6.45, 7) is 8.60. The fraction of sp³-hybridized carbons (Fsp3) is 0.214. The molecule has 7 nitrogen and oxygen atoms in total. The number of nitrogens with zero attached hydrogens (tertiary/aromatic N) is 4. The highest BCUT2D eigenvalue weighted by atomic mass is 32.2. The molecule has 3 aromatic carbocycles. The lowest BCUT2D eigenvalue weighted by atomic mass is 9.87. The van der Waals surface area contributed by atoms with Crippen molar-refractivity contribution in [2.45, 2.75) is 38.3 Å². The molecule has 0 aliphatic rings. The zero-order valence-corrected chi connectivity index (χ0v) is 21.6. The average Bonchev–Trinajstić information content (AvgIpc) is 3.27. The number of aromatic hydroxyl groups is 1. The highest BCUT2D eigenvalue weighted by Gasteiger charge is 2.19. The average molecular weight is 500 g/mol. The van der Waals surface area contributed by atoms with Crippen LogP contribution in [0.15, 0.2) is 83.1 Å². The Balaban J connectivity index is 1.54. The van der Waals surface area contributed by atoms with Crippen molar-refractivity contribution in [1.82, 2.24) is 20.2 Å². The molecule has 8 heteroatoms. The number of phenols is 1. The van der Waals surface area contributed by atoms with E-state index in [0.29, 0.717) is 16.5 Å². The van der Waals surface area contributed by atoms with Crippen molar-refractivity contribution in [1.29, 1.82) is 0 Å². The first-order valence-electron chi connectivity index (χ1n) is 11.6. The third kappa shape index (κ3) is 6.20. The Bertz CT molecular complexity index is 1370.